The quantitative estimate of drug-likeness (QED) is 0.807. The van der Waals surface area contributed by atoms with Gasteiger partial charge in [-0.1, -0.05) is 6.07 Å². The van der Waals surface area contributed by atoms with Crippen LogP contribution < -0.4 is 11.1 Å². The summed E-state index contributed by atoms with van der Waals surface area (Å²) in [6.45, 7) is 0.426. The second kappa shape index (κ2) is 5.81. The Labute approximate surface area is 110 Å². The molecule has 6 nitrogen and oxygen atoms in total. The van der Waals surface area contributed by atoms with E-state index in [-0.39, 0.29) is 5.97 Å². The zero-order valence-electron chi connectivity index (χ0n) is 10.5. The average molecular weight is 258 g/mol. The smallest absolute Gasteiger partial charge is 0.337 e. The van der Waals surface area contributed by atoms with Crippen LogP contribution in [-0.4, -0.2) is 23.0 Å². The number of rotatable bonds is 4. The molecule has 0 aliphatic carbocycles. The van der Waals surface area contributed by atoms with E-state index < -0.39 is 0 Å². The van der Waals surface area contributed by atoms with E-state index in [2.05, 4.69) is 20.0 Å². The highest BCUT2D eigenvalue weighted by molar-refractivity contribution is 5.90. The molecule has 0 saturated heterocycles. The molecular formula is C13H14N4O2. The minimum absolute atomic E-state index is 0.371. The first kappa shape index (κ1) is 12.8. The lowest BCUT2D eigenvalue weighted by Crippen LogP contribution is -2.07. The van der Waals surface area contributed by atoms with Crippen molar-refractivity contribution in [2.24, 2.45) is 0 Å². The van der Waals surface area contributed by atoms with E-state index in [1.165, 1.54) is 7.11 Å². The lowest BCUT2D eigenvalue weighted by molar-refractivity contribution is 0.0601. The molecule has 6 heteroatoms. The monoisotopic (exact) mass is 258 g/mol. The van der Waals surface area contributed by atoms with Gasteiger partial charge in [-0.3, -0.25) is 0 Å². The van der Waals surface area contributed by atoms with E-state index in [9.17, 15) is 4.79 Å². The molecule has 1 heterocycles. The number of ether oxygens (including phenoxy) is 1. The lowest BCUT2D eigenvalue weighted by atomic mass is 10.2. The van der Waals surface area contributed by atoms with Crippen LogP contribution in [0.1, 0.15) is 16.2 Å². The number of methoxy groups -OCH3 is 1. The molecule has 0 spiro atoms. The first-order chi connectivity index (χ1) is 9.19. The number of nitrogens with zero attached hydrogens (tertiary/aromatic N) is 2. The van der Waals surface area contributed by atoms with Crippen molar-refractivity contribution in [3.8, 4) is 0 Å². The zero-order chi connectivity index (χ0) is 13.7. The maximum absolute atomic E-state index is 11.4. The summed E-state index contributed by atoms with van der Waals surface area (Å²) in [6, 6.07) is 8.64. The molecule has 3 N–H and O–H groups in total. The third kappa shape index (κ3) is 3.41. The van der Waals surface area contributed by atoms with Gasteiger partial charge in [0.2, 0.25) is 0 Å². The summed E-state index contributed by atoms with van der Waals surface area (Å²) in [6.07, 6.45) is 1.60. The number of hydrogen-bond acceptors (Lipinski definition) is 6. The van der Waals surface area contributed by atoms with Gasteiger partial charge in [0, 0.05) is 11.9 Å². The van der Waals surface area contributed by atoms with Crippen LogP contribution >= 0.6 is 0 Å². The van der Waals surface area contributed by atoms with E-state index in [0.717, 1.165) is 5.69 Å². The Hall–Kier alpha value is -2.63. The number of anilines is 2. The van der Waals surface area contributed by atoms with Crippen molar-refractivity contribution in [1.29, 1.82) is 0 Å². The lowest BCUT2D eigenvalue weighted by Gasteiger charge is -2.07. The summed E-state index contributed by atoms with van der Waals surface area (Å²) in [7, 11) is 1.35. The third-order valence-corrected chi connectivity index (χ3v) is 2.46. The molecule has 0 aliphatic rings. The molecule has 0 amide bonds. The molecule has 1 aromatic carbocycles. The number of esters is 1. The molecule has 0 unspecified atom stereocenters. The number of aromatic nitrogens is 2. The van der Waals surface area contributed by atoms with Gasteiger partial charge in [0.15, 0.2) is 0 Å². The Bertz CT molecular complexity index is 586. The summed E-state index contributed by atoms with van der Waals surface area (Å²) in [5.74, 6) is 0.641. The van der Waals surface area contributed by atoms with Gasteiger partial charge in [-0.05, 0) is 24.3 Å². The number of nitrogen functional groups attached to an aromatic ring is 1. The number of carbonyl (C=O) groups excluding carboxylic acids is 1. The molecule has 19 heavy (non-hydrogen) atoms. The fourth-order valence-electron chi connectivity index (χ4n) is 1.56. The van der Waals surface area contributed by atoms with Crippen molar-refractivity contribution in [2.75, 3.05) is 18.2 Å². The van der Waals surface area contributed by atoms with Gasteiger partial charge in [0.05, 0.1) is 19.2 Å². The van der Waals surface area contributed by atoms with E-state index >= 15 is 0 Å². The van der Waals surface area contributed by atoms with Crippen LogP contribution in [0.15, 0.2) is 36.5 Å². The van der Waals surface area contributed by atoms with Crippen molar-refractivity contribution in [3.63, 3.8) is 0 Å². The Morgan fingerprint density at radius 2 is 2.26 bits per heavy atom. The highest BCUT2D eigenvalue weighted by Crippen LogP contribution is 2.12. The Morgan fingerprint density at radius 3 is 3.00 bits per heavy atom. The minimum atomic E-state index is -0.371. The number of nitrogens with one attached hydrogen (secondary N) is 1. The van der Waals surface area contributed by atoms with Crippen molar-refractivity contribution in [3.05, 3.63) is 47.9 Å². The number of carbonyl (C=O) groups is 1. The molecule has 98 valence electrons. The average Bonchev–Trinajstić information content (AvgIpc) is 2.45. The summed E-state index contributed by atoms with van der Waals surface area (Å²) < 4.78 is 4.66. The van der Waals surface area contributed by atoms with E-state index in [4.69, 9.17) is 5.73 Å². The van der Waals surface area contributed by atoms with E-state index in [1.807, 2.05) is 6.07 Å². The van der Waals surface area contributed by atoms with Crippen LogP contribution in [0.2, 0.25) is 0 Å². The first-order valence-corrected chi connectivity index (χ1v) is 5.68. The Balaban J connectivity index is 2.05. The van der Waals surface area contributed by atoms with Gasteiger partial charge in [-0.2, -0.15) is 0 Å². The highest BCUT2D eigenvalue weighted by atomic mass is 16.5. The zero-order valence-corrected chi connectivity index (χ0v) is 10.5. The highest BCUT2D eigenvalue weighted by Gasteiger charge is 2.05. The van der Waals surface area contributed by atoms with Gasteiger partial charge in [-0.15, -0.1) is 0 Å². The fraction of sp³-hybridized carbons (Fsp3) is 0.154. The second-order valence-electron chi connectivity index (χ2n) is 3.82. The van der Waals surface area contributed by atoms with Crippen molar-refractivity contribution in [2.45, 2.75) is 6.54 Å². The largest absolute Gasteiger partial charge is 0.465 e. The maximum atomic E-state index is 11.4. The molecule has 0 radical (unpaired) electrons. The number of nitrogens with two attached hydrogens (primary N) is 1. The summed E-state index contributed by atoms with van der Waals surface area (Å²) in [5, 5.41) is 3.12. The molecule has 0 aliphatic heterocycles. The molecule has 0 bridgehead atoms. The van der Waals surface area contributed by atoms with Crippen molar-refractivity contribution < 1.29 is 9.53 Å². The SMILES string of the molecule is COC(=O)c1cccc(NCc2nccc(N)n2)c1. The molecule has 0 atom stereocenters. The molecule has 1 aromatic heterocycles. The van der Waals surface area contributed by atoms with Crippen LogP contribution in [0.5, 0.6) is 0 Å². The third-order valence-electron chi connectivity index (χ3n) is 2.46. The molecule has 0 saturated carbocycles. The van der Waals surface area contributed by atoms with Gasteiger partial charge >= 0.3 is 5.97 Å². The van der Waals surface area contributed by atoms with Crippen LogP contribution in [0.4, 0.5) is 11.5 Å². The summed E-state index contributed by atoms with van der Waals surface area (Å²) >= 11 is 0. The van der Waals surface area contributed by atoms with E-state index in [0.29, 0.717) is 23.8 Å². The standard InChI is InChI=1S/C13H14N4O2/c1-19-13(18)9-3-2-4-10(7-9)16-8-12-15-6-5-11(14)17-12/h2-7,16H,8H2,1H3,(H2,14,15,17). The molecule has 2 rings (SSSR count). The normalized spacial score (nSPS) is 9.95. The topological polar surface area (TPSA) is 90.1 Å². The fourth-order valence-corrected chi connectivity index (χ4v) is 1.56. The second-order valence-corrected chi connectivity index (χ2v) is 3.82. The Kier molecular flexibility index (Phi) is 3.92. The van der Waals surface area contributed by atoms with Crippen LogP contribution in [0.3, 0.4) is 0 Å². The van der Waals surface area contributed by atoms with Crippen molar-refractivity contribution in [1.82, 2.24) is 9.97 Å². The van der Waals surface area contributed by atoms with Crippen LogP contribution in [0, 0.1) is 0 Å². The summed E-state index contributed by atoms with van der Waals surface area (Å²) in [4.78, 5) is 19.6. The maximum Gasteiger partial charge on any atom is 0.337 e. The minimum Gasteiger partial charge on any atom is -0.465 e. The summed E-state index contributed by atoms with van der Waals surface area (Å²) in [5.41, 5.74) is 6.84. The first-order valence-electron chi connectivity index (χ1n) is 5.68. The van der Waals surface area contributed by atoms with Gasteiger partial charge in [-0.25, -0.2) is 14.8 Å². The molecular weight excluding hydrogens is 244 g/mol. The van der Waals surface area contributed by atoms with Crippen LogP contribution in [-0.2, 0) is 11.3 Å². The molecule has 2 aromatic rings. The van der Waals surface area contributed by atoms with Gasteiger partial charge in [0.25, 0.3) is 0 Å². The number of benzene rings is 1. The number of hydrogen-bond donors (Lipinski definition) is 2. The molecule has 0 fully saturated rings. The predicted molar refractivity (Wildman–Crippen MR) is 71.6 cm³/mol. The van der Waals surface area contributed by atoms with Gasteiger partial charge in [0.1, 0.15) is 11.6 Å². The van der Waals surface area contributed by atoms with Crippen LogP contribution in [0.25, 0.3) is 0 Å². The Morgan fingerprint density at radius 1 is 1.42 bits per heavy atom. The predicted octanol–water partition coefficient (Wildman–Crippen LogP) is 1.46. The van der Waals surface area contributed by atoms with Gasteiger partial charge < -0.3 is 15.8 Å². The van der Waals surface area contributed by atoms with E-state index in [1.54, 1.807) is 30.5 Å². The van der Waals surface area contributed by atoms with Crippen molar-refractivity contribution >= 4 is 17.5 Å².